The smallest absolute Gasteiger partial charge is 0.155 e. The SMILES string of the molecule is CN=NC(C)C(C)=O. The molecule has 46 valence electrons. The molecule has 0 aromatic rings. The molecule has 0 rings (SSSR count). The van der Waals surface area contributed by atoms with Crippen molar-refractivity contribution in [2.75, 3.05) is 7.05 Å². The van der Waals surface area contributed by atoms with Crippen LogP contribution in [0.25, 0.3) is 0 Å². The van der Waals surface area contributed by atoms with E-state index in [9.17, 15) is 4.79 Å². The number of carbonyl (C=O) groups is 1. The Kier molecular flexibility index (Phi) is 2.99. The first-order valence-electron chi connectivity index (χ1n) is 2.48. The van der Waals surface area contributed by atoms with E-state index < -0.39 is 0 Å². The molecule has 0 aliphatic rings. The van der Waals surface area contributed by atoms with Gasteiger partial charge in [-0.2, -0.15) is 10.2 Å². The molecule has 1 unspecified atom stereocenters. The van der Waals surface area contributed by atoms with Crippen LogP contribution in [0.15, 0.2) is 10.2 Å². The number of hydrogen-bond donors (Lipinski definition) is 0. The summed E-state index contributed by atoms with van der Waals surface area (Å²) in [6.45, 7) is 3.22. The van der Waals surface area contributed by atoms with Gasteiger partial charge in [0.2, 0.25) is 0 Å². The number of ketones is 1. The van der Waals surface area contributed by atoms with Gasteiger partial charge < -0.3 is 0 Å². The molecule has 0 fully saturated rings. The standard InChI is InChI=1S/C5H10N2O/c1-4(5(2)8)7-6-3/h4H,1-3H3. The Hall–Kier alpha value is -0.730. The maximum absolute atomic E-state index is 10.4. The van der Waals surface area contributed by atoms with Gasteiger partial charge >= 0.3 is 0 Å². The van der Waals surface area contributed by atoms with Crippen molar-refractivity contribution in [1.29, 1.82) is 0 Å². The molecule has 0 saturated heterocycles. The molecule has 0 spiro atoms. The van der Waals surface area contributed by atoms with E-state index in [0.717, 1.165) is 0 Å². The Morgan fingerprint density at radius 1 is 1.62 bits per heavy atom. The molecule has 1 atom stereocenters. The van der Waals surface area contributed by atoms with Gasteiger partial charge in [0.05, 0.1) is 0 Å². The van der Waals surface area contributed by atoms with Gasteiger partial charge in [0.15, 0.2) is 5.78 Å². The summed E-state index contributed by atoms with van der Waals surface area (Å²) in [5, 5.41) is 7.06. The summed E-state index contributed by atoms with van der Waals surface area (Å²) in [6, 6.07) is -0.264. The third-order valence-corrected chi connectivity index (χ3v) is 0.877. The van der Waals surface area contributed by atoms with Crippen LogP contribution in [0.1, 0.15) is 13.8 Å². The lowest BCUT2D eigenvalue weighted by Gasteiger charge is -1.93. The lowest BCUT2D eigenvalue weighted by molar-refractivity contribution is -0.117. The third kappa shape index (κ3) is 2.44. The van der Waals surface area contributed by atoms with Gasteiger partial charge in [-0.05, 0) is 13.8 Å². The quantitative estimate of drug-likeness (QED) is 0.494. The van der Waals surface area contributed by atoms with Crippen LogP contribution < -0.4 is 0 Å². The minimum absolute atomic E-state index is 0.0515. The van der Waals surface area contributed by atoms with Crippen molar-refractivity contribution in [2.45, 2.75) is 19.9 Å². The monoisotopic (exact) mass is 114 g/mol. The van der Waals surface area contributed by atoms with Crippen LogP contribution in [0.2, 0.25) is 0 Å². The van der Waals surface area contributed by atoms with Crippen LogP contribution in [0.3, 0.4) is 0 Å². The highest BCUT2D eigenvalue weighted by Crippen LogP contribution is 1.89. The van der Waals surface area contributed by atoms with E-state index >= 15 is 0 Å². The van der Waals surface area contributed by atoms with E-state index in [1.165, 1.54) is 6.92 Å². The Labute approximate surface area is 48.8 Å². The lowest BCUT2D eigenvalue weighted by Crippen LogP contribution is -2.08. The van der Waals surface area contributed by atoms with Crippen molar-refractivity contribution in [1.82, 2.24) is 0 Å². The van der Waals surface area contributed by atoms with E-state index in [0.29, 0.717) is 0 Å². The summed E-state index contributed by atoms with van der Waals surface area (Å²) in [5.74, 6) is 0.0515. The van der Waals surface area contributed by atoms with Crippen molar-refractivity contribution in [2.24, 2.45) is 10.2 Å². The van der Waals surface area contributed by atoms with E-state index in [1.807, 2.05) is 0 Å². The minimum atomic E-state index is -0.264. The third-order valence-electron chi connectivity index (χ3n) is 0.877. The van der Waals surface area contributed by atoms with Crippen molar-refractivity contribution in [3.63, 3.8) is 0 Å². The molecule has 0 saturated carbocycles. The van der Waals surface area contributed by atoms with Crippen molar-refractivity contribution < 1.29 is 4.79 Å². The van der Waals surface area contributed by atoms with Gasteiger partial charge in [-0.1, -0.05) is 0 Å². The first kappa shape index (κ1) is 7.27. The summed E-state index contributed by atoms with van der Waals surface area (Å²) >= 11 is 0. The van der Waals surface area contributed by atoms with Crippen molar-refractivity contribution >= 4 is 5.78 Å². The largest absolute Gasteiger partial charge is 0.298 e. The van der Waals surface area contributed by atoms with E-state index in [4.69, 9.17) is 0 Å². The van der Waals surface area contributed by atoms with Gasteiger partial charge in [-0.15, -0.1) is 0 Å². The van der Waals surface area contributed by atoms with E-state index in [2.05, 4.69) is 10.2 Å². The molecule has 0 bridgehead atoms. The predicted octanol–water partition coefficient (Wildman–Crippen LogP) is 1.05. The van der Waals surface area contributed by atoms with Crippen molar-refractivity contribution in [3.05, 3.63) is 0 Å². The Bertz CT molecular complexity index is 109. The van der Waals surface area contributed by atoms with Crippen LogP contribution in [-0.2, 0) is 4.79 Å². The molecular formula is C5H10N2O. The summed E-state index contributed by atoms with van der Waals surface area (Å²) in [7, 11) is 1.56. The summed E-state index contributed by atoms with van der Waals surface area (Å²) in [6.07, 6.45) is 0. The fourth-order valence-corrected chi connectivity index (χ4v) is 0.255. The van der Waals surface area contributed by atoms with E-state index in [1.54, 1.807) is 14.0 Å². The number of carbonyl (C=O) groups excluding carboxylic acids is 1. The first-order chi connectivity index (χ1) is 3.68. The molecule has 3 nitrogen and oxygen atoms in total. The summed E-state index contributed by atoms with van der Waals surface area (Å²) in [4.78, 5) is 10.4. The zero-order valence-electron chi connectivity index (χ0n) is 5.38. The van der Waals surface area contributed by atoms with Gasteiger partial charge in [0.1, 0.15) is 6.04 Å². The molecule has 0 aromatic heterocycles. The number of Topliss-reactive ketones (excluding diaryl/α,β-unsaturated/α-hetero) is 1. The average Bonchev–Trinajstić information content (AvgIpc) is 1.67. The fourth-order valence-electron chi connectivity index (χ4n) is 0.255. The average molecular weight is 114 g/mol. The summed E-state index contributed by atoms with van der Waals surface area (Å²) < 4.78 is 0. The van der Waals surface area contributed by atoms with Crippen LogP contribution in [0.5, 0.6) is 0 Å². The van der Waals surface area contributed by atoms with E-state index in [-0.39, 0.29) is 11.8 Å². The lowest BCUT2D eigenvalue weighted by atomic mass is 10.3. The molecule has 0 aromatic carbocycles. The second-order valence-corrected chi connectivity index (χ2v) is 1.60. The first-order valence-corrected chi connectivity index (χ1v) is 2.48. The Morgan fingerprint density at radius 2 is 2.12 bits per heavy atom. The molecule has 8 heavy (non-hydrogen) atoms. The van der Waals surface area contributed by atoms with Gasteiger partial charge in [-0.25, -0.2) is 0 Å². The summed E-state index contributed by atoms with van der Waals surface area (Å²) in [5.41, 5.74) is 0. The highest BCUT2D eigenvalue weighted by molar-refractivity contribution is 5.80. The van der Waals surface area contributed by atoms with Gasteiger partial charge in [0.25, 0.3) is 0 Å². The van der Waals surface area contributed by atoms with Crippen LogP contribution in [-0.4, -0.2) is 18.9 Å². The van der Waals surface area contributed by atoms with Crippen LogP contribution in [0, 0.1) is 0 Å². The van der Waals surface area contributed by atoms with Gasteiger partial charge in [0, 0.05) is 7.05 Å². The number of rotatable bonds is 2. The predicted molar refractivity (Wildman–Crippen MR) is 30.9 cm³/mol. The second-order valence-electron chi connectivity index (χ2n) is 1.60. The normalized spacial score (nSPS) is 14.4. The number of azo groups is 1. The minimum Gasteiger partial charge on any atom is -0.298 e. The second kappa shape index (κ2) is 3.29. The maximum atomic E-state index is 10.4. The Balaban J connectivity index is 3.64. The molecular weight excluding hydrogens is 104 g/mol. The molecule has 0 amide bonds. The Morgan fingerprint density at radius 3 is 2.25 bits per heavy atom. The van der Waals surface area contributed by atoms with Gasteiger partial charge in [-0.3, -0.25) is 4.79 Å². The topological polar surface area (TPSA) is 41.8 Å². The fraction of sp³-hybridized carbons (Fsp3) is 0.800. The van der Waals surface area contributed by atoms with Crippen LogP contribution in [0.4, 0.5) is 0 Å². The number of nitrogens with zero attached hydrogens (tertiary/aromatic N) is 2. The maximum Gasteiger partial charge on any atom is 0.155 e. The molecule has 0 radical (unpaired) electrons. The highest BCUT2D eigenvalue weighted by atomic mass is 16.1. The number of hydrogen-bond acceptors (Lipinski definition) is 3. The molecule has 3 heteroatoms. The van der Waals surface area contributed by atoms with Crippen molar-refractivity contribution in [3.8, 4) is 0 Å². The zero-order valence-corrected chi connectivity index (χ0v) is 5.38. The zero-order chi connectivity index (χ0) is 6.57. The molecule has 0 aliphatic carbocycles. The molecule has 0 heterocycles. The highest BCUT2D eigenvalue weighted by Gasteiger charge is 2.02. The molecule has 0 aliphatic heterocycles. The molecule has 0 N–H and O–H groups in total. The van der Waals surface area contributed by atoms with Crippen LogP contribution >= 0.6 is 0 Å².